The summed E-state index contributed by atoms with van der Waals surface area (Å²) >= 11 is 0. The molecule has 1 aliphatic heterocycles. The topological polar surface area (TPSA) is 87.1 Å². The largest absolute Gasteiger partial charge is 0.481 e. The van der Waals surface area contributed by atoms with Crippen molar-refractivity contribution < 1.29 is 28.9 Å². The first kappa shape index (κ1) is 15.2. The monoisotopic (exact) mass is 297 g/mol. The molecule has 21 heavy (non-hydrogen) atoms. The highest BCUT2D eigenvalue weighted by Crippen LogP contribution is 2.21. The highest BCUT2D eigenvalue weighted by molar-refractivity contribution is 5.87. The van der Waals surface area contributed by atoms with Gasteiger partial charge in [0, 0.05) is 13.0 Å². The molecule has 0 radical (unpaired) electrons. The lowest BCUT2D eigenvalue weighted by Crippen LogP contribution is -2.46. The van der Waals surface area contributed by atoms with Crippen molar-refractivity contribution in [3.05, 3.63) is 30.1 Å². The van der Waals surface area contributed by atoms with E-state index in [0.29, 0.717) is 5.75 Å². The maximum atomic E-state index is 12.8. The molecule has 2 unspecified atom stereocenters. The number of halogens is 1. The molecule has 114 valence electrons. The van der Waals surface area contributed by atoms with Gasteiger partial charge in [-0.3, -0.25) is 4.79 Å². The van der Waals surface area contributed by atoms with Crippen molar-refractivity contribution in [1.82, 2.24) is 4.90 Å². The molecule has 0 bridgehead atoms. The van der Waals surface area contributed by atoms with E-state index in [-0.39, 0.29) is 13.0 Å². The Kier molecular flexibility index (Phi) is 4.42. The van der Waals surface area contributed by atoms with Gasteiger partial charge in [-0.05, 0) is 31.2 Å². The van der Waals surface area contributed by atoms with Crippen LogP contribution >= 0.6 is 0 Å². The van der Waals surface area contributed by atoms with Crippen LogP contribution < -0.4 is 4.74 Å². The molecule has 1 amide bonds. The first-order valence-corrected chi connectivity index (χ1v) is 6.52. The van der Waals surface area contributed by atoms with E-state index < -0.39 is 35.9 Å². The molecular weight excluding hydrogens is 281 g/mol. The SMILES string of the molecule is CC(Oc1ccc(F)cc1)C(=O)N1CC(O)C[C@H]1C(=O)O. The Morgan fingerprint density at radius 2 is 2.00 bits per heavy atom. The van der Waals surface area contributed by atoms with Crippen molar-refractivity contribution >= 4 is 11.9 Å². The average Bonchev–Trinajstić information content (AvgIpc) is 2.82. The van der Waals surface area contributed by atoms with Gasteiger partial charge in [-0.2, -0.15) is 0 Å². The Morgan fingerprint density at radius 3 is 2.57 bits per heavy atom. The van der Waals surface area contributed by atoms with E-state index >= 15 is 0 Å². The van der Waals surface area contributed by atoms with Crippen LogP contribution in [0.5, 0.6) is 5.75 Å². The fraction of sp³-hybridized carbons (Fsp3) is 0.429. The summed E-state index contributed by atoms with van der Waals surface area (Å²) in [6, 6.07) is 4.12. The van der Waals surface area contributed by atoms with E-state index in [2.05, 4.69) is 0 Å². The molecule has 0 aliphatic carbocycles. The van der Waals surface area contributed by atoms with E-state index in [9.17, 15) is 19.1 Å². The zero-order valence-corrected chi connectivity index (χ0v) is 11.4. The van der Waals surface area contributed by atoms with Gasteiger partial charge < -0.3 is 19.8 Å². The van der Waals surface area contributed by atoms with Gasteiger partial charge in [0.15, 0.2) is 6.10 Å². The van der Waals surface area contributed by atoms with Crippen LogP contribution in [0.3, 0.4) is 0 Å². The fourth-order valence-electron chi connectivity index (χ4n) is 2.29. The van der Waals surface area contributed by atoms with E-state index in [0.717, 1.165) is 4.90 Å². The standard InChI is InChI=1S/C14H16FNO5/c1-8(21-11-4-2-9(15)3-5-11)13(18)16-7-10(17)6-12(16)14(19)20/h2-5,8,10,12,17H,6-7H2,1H3,(H,19,20)/t8?,10?,12-/m0/s1. The minimum absolute atomic E-state index is 0.00431. The van der Waals surface area contributed by atoms with Gasteiger partial charge >= 0.3 is 5.97 Å². The van der Waals surface area contributed by atoms with Crippen molar-refractivity contribution in [2.45, 2.75) is 31.6 Å². The maximum Gasteiger partial charge on any atom is 0.326 e. The number of nitrogens with zero attached hydrogens (tertiary/aromatic N) is 1. The third-order valence-electron chi connectivity index (χ3n) is 3.32. The van der Waals surface area contributed by atoms with Gasteiger partial charge in [-0.15, -0.1) is 0 Å². The lowest BCUT2D eigenvalue weighted by Gasteiger charge is -2.25. The molecule has 1 aromatic rings. The number of benzene rings is 1. The molecular formula is C14H16FNO5. The fourth-order valence-corrected chi connectivity index (χ4v) is 2.29. The molecule has 1 aromatic carbocycles. The number of carbonyl (C=O) groups is 2. The lowest BCUT2D eigenvalue weighted by molar-refractivity contribution is -0.150. The minimum Gasteiger partial charge on any atom is -0.481 e. The summed E-state index contributed by atoms with van der Waals surface area (Å²) in [6.45, 7) is 1.45. The third kappa shape index (κ3) is 3.49. The van der Waals surface area contributed by atoms with Crippen LogP contribution in [-0.2, 0) is 9.59 Å². The molecule has 6 nitrogen and oxygen atoms in total. The zero-order chi connectivity index (χ0) is 15.6. The summed E-state index contributed by atoms with van der Waals surface area (Å²) in [5.41, 5.74) is 0. The van der Waals surface area contributed by atoms with E-state index in [1.165, 1.54) is 31.2 Å². The molecule has 1 fully saturated rings. The van der Waals surface area contributed by atoms with Crippen LogP contribution in [0.1, 0.15) is 13.3 Å². The lowest BCUT2D eigenvalue weighted by atomic mass is 10.2. The number of β-amino-alcohol motifs (C(OH)–C–C–N with tert-alkyl or cyclic N) is 1. The van der Waals surface area contributed by atoms with Crippen LogP contribution in [0.4, 0.5) is 4.39 Å². The van der Waals surface area contributed by atoms with Crippen LogP contribution in [0, 0.1) is 5.82 Å². The smallest absolute Gasteiger partial charge is 0.326 e. The molecule has 1 saturated heterocycles. The first-order chi connectivity index (χ1) is 9.88. The second kappa shape index (κ2) is 6.09. The van der Waals surface area contributed by atoms with Gasteiger partial charge in [-0.1, -0.05) is 0 Å². The van der Waals surface area contributed by atoms with E-state index in [1.54, 1.807) is 0 Å². The molecule has 1 heterocycles. The normalized spacial score (nSPS) is 22.9. The molecule has 2 rings (SSSR count). The molecule has 0 spiro atoms. The Labute approximate surface area is 120 Å². The third-order valence-corrected chi connectivity index (χ3v) is 3.32. The van der Waals surface area contributed by atoms with E-state index in [1.807, 2.05) is 0 Å². The number of aliphatic hydroxyl groups is 1. The predicted octanol–water partition coefficient (Wildman–Crippen LogP) is 0.639. The van der Waals surface area contributed by atoms with E-state index in [4.69, 9.17) is 9.84 Å². The second-order valence-corrected chi connectivity index (χ2v) is 4.95. The number of carboxylic acids is 1. The number of hydrogen-bond acceptors (Lipinski definition) is 4. The minimum atomic E-state index is -1.16. The number of likely N-dealkylation sites (tertiary alicyclic amines) is 1. The molecule has 1 aliphatic rings. The number of aliphatic hydroxyl groups excluding tert-OH is 1. The number of ether oxygens (including phenoxy) is 1. The van der Waals surface area contributed by atoms with Gasteiger partial charge in [0.1, 0.15) is 17.6 Å². The molecule has 0 saturated carbocycles. The number of aliphatic carboxylic acids is 1. The highest BCUT2D eigenvalue weighted by atomic mass is 19.1. The quantitative estimate of drug-likeness (QED) is 0.851. The van der Waals surface area contributed by atoms with Gasteiger partial charge in [-0.25, -0.2) is 9.18 Å². The van der Waals surface area contributed by atoms with Crippen molar-refractivity contribution in [3.8, 4) is 5.75 Å². The average molecular weight is 297 g/mol. The number of amides is 1. The number of carbonyl (C=O) groups excluding carboxylic acids is 1. The number of carboxylic acid groups (broad SMARTS) is 1. The van der Waals surface area contributed by atoms with Gasteiger partial charge in [0.2, 0.25) is 0 Å². The molecule has 2 N–H and O–H groups in total. The highest BCUT2D eigenvalue weighted by Gasteiger charge is 2.40. The summed E-state index contributed by atoms with van der Waals surface area (Å²) < 4.78 is 18.2. The Morgan fingerprint density at radius 1 is 1.38 bits per heavy atom. The van der Waals surface area contributed by atoms with Crippen molar-refractivity contribution in [3.63, 3.8) is 0 Å². The van der Waals surface area contributed by atoms with Gasteiger partial charge in [0.05, 0.1) is 6.10 Å². The second-order valence-electron chi connectivity index (χ2n) is 4.95. The number of rotatable bonds is 4. The Hall–Kier alpha value is -2.15. The predicted molar refractivity (Wildman–Crippen MR) is 70.3 cm³/mol. The zero-order valence-electron chi connectivity index (χ0n) is 11.4. The van der Waals surface area contributed by atoms with Crippen LogP contribution in [0.25, 0.3) is 0 Å². The first-order valence-electron chi connectivity index (χ1n) is 6.52. The molecule has 0 aromatic heterocycles. The number of hydrogen-bond donors (Lipinski definition) is 2. The molecule has 7 heteroatoms. The van der Waals surface area contributed by atoms with Crippen LogP contribution in [-0.4, -0.2) is 51.8 Å². The van der Waals surface area contributed by atoms with Crippen molar-refractivity contribution in [2.24, 2.45) is 0 Å². The summed E-state index contributed by atoms with van der Waals surface area (Å²) in [5.74, 6) is -1.80. The van der Waals surface area contributed by atoms with Crippen LogP contribution in [0.15, 0.2) is 24.3 Å². The Balaban J connectivity index is 2.04. The Bertz CT molecular complexity index is 533. The van der Waals surface area contributed by atoms with Crippen molar-refractivity contribution in [2.75, 3.05) is 6.54 Å². The summed E-state index contributed by atoms with van der Waals surface area (Å²) in [7, 11) is 0. The van der Waals surface area contributed by atoms with Gasteiger partial charge in [0.25, 0.3) is 5.91 Å². The summed E-state index contributed by atoms with van der Waals surface area (Å²) in [5, 5.41) is 18.6. The maximum absolute atomic E-state index is 12.8. The van der Waals surface area contributed by atoms with Crippen molar-refractivity contribution in [1.29, 1.82) is 0 Å². The summed E-state index contributed by atoms with van der Waals surface area (Å²) in [6.07, 6.45) is -1.78. The summed E-state index contributed by atoms with van der Waals surface area (Å²) in [4.78, 5) is 24.4. The molecule has 3 atom stereocenters. The van der Waals surface area contributed by atoms with Crippen LogP contribution in [0.2, 0.25) is 0 Å².